The Balaban J connectivity index is 1.99. The van der Waals surface area contributed by atoms with Gasteiger partial charge in [0.05, 0.1) is 21.4 Å². The molecule has 1 amide bonds. The third kappa shape index (κ3) is 3.58. The second-order valence-corrected chi connectivity index (χ2v) is 7.98. The van der Waals surface area contributed by atoms with Crippen LogP contribution in [0.15, 0.2) is 35.2 Å². The average molecular weight is 419 g/mol. The molecular formula is C16H13Cl2FN2O4S. The molecule has 10 heteroatoms. The summed E-state index contributed by atoms with van der Waals surface area (Å²) in [5.41, 5.74) is 0.283. The van der Waals surface area contributed by atoms with Crippen LogP contribution in [0.3, 0.4) is 0 Å². The first kappa shape index (κ1) is 18.8. The summed E-state index contributed by atoms with van der Waals surface area (Å²) in [6.07, 6.45) is -0.307. The quantitative estimate of drug-likeness (QED) is 0.784. The van der Waals surface area contributed by atoms with E-state index in [0.29, 0.717) is 6.42 Å². The van der Waals surface area contributed by atoms with Crippen LogP contribution in [0.1, 0.15) is 13.3 Å². The molecule has 0 bridgehead atoms. The second-order valence-electron chi connectivity index (χ2n) is 5.51. The molecule has 1 atom stereocenters. The van der Waals surface area contributed by atoms with Gasteiger partial charge in [0, 0.05) is 6.07 Å². The Morgan fingerprint density at radius 1 is 1.23 bits per heavy atom. The summed E-state index contributed by atoms with van der Waals surface area (Å²) < 4.78 is 46.3. The van der Waals surface area contributed by atoms with Gasteiger partial charge in [-0.15, -0.1) is 0 Å². The largest absolute Gasteiger partial charge is 0.478 e. The average Bonchev–Trinajstić information content (AvgIpc) is 2.56. The molecule has 6 nitrogen and oxygen atoms in total. The zero-order valence-corrected chi connectivity index (χ0v) is 15.7. The van der Waals surface area contributed by atoms with E-state index in [-0.39, 0.29) is 38.0 Å². The number of halogens is 3. The fraction of sp³-hybridized carbons (Fsp3) is 0.188. The molecule has 0 aliphatic carbocycles. The Morgan fingerprint density at radius 3 is 2.62 bits per heavy atom. The highest BCUT2D eigenvalue weighted by atomic mass is 35.5. The number of sulfonamides is 1. The highest BCUT2D eigenvalue weighted by Crippen LogP contribution is 2.38. The van der Waals surface area contributed by atoms with Gasteiger partial charge in [-0.05, 0) is 30.7 Å². The van der Waals surface area contributed by atoms with Gasteiger partial charge in [0.25, 0.3) is 15.9 Å². The maximum absolute atomic E-state index is 13.1. The van der Waals surface area contributed by atoms with Crippen LogP contribution in [0.25, 0.3) is 0 Å². The van der Waals surface area contributed by atoms with Crippen LogP contribution in [-0.2, 0) is 14.8 Å². The highest BCUT2D eigenvalue weighted by Gasteiger charge is 2.29. The van der Waals surface area contributed by atoms with Gasteiger partial charge in [-0.1, -0.05) is 30.1 Å². The monoisotopic (exact) mass is 418 g/mol. The van der Waals surface area contributed by atoms with Crippen molar-refractivity contribution in [1.29, 1.82) is 0 Å². The Labute approximate surface area is 159 Å². The van der Waals surface area contributed by atoms with Gasteiger partial charge in [-0.3, -0.25) is 9.52 Å². The Morgan fingerprint density at radius 2 is 1.96 bits per heavy atom. The van der Waals surface area contributed by atoms with Gasteiger partial charge >= 0.3 is 0 Å². The van der Waals surface area contributed by atoms with Crippen molar-refractivity contribution in [3.05, 3.63) is 46.2 Å². The lowest BCUT2D eigenvalue weighted by atomic mass is 10.2. The van der Waals surface area contributed by atoms with Crippen molar-refractivity contribution in [2.24, 2.45) is 0 Å². The van der Waals surface area contributed by atoms with Crippen LogP contribution in [-0.4, -0.2) is 20.4 Å². The smallest absolute Gasteiger partial charge is 0.265 e. The number of fused-ring (bicyclic) bond motifs is 1. The van der Waals surface area contributed by atoms with Crippen molar-refractivity contribution in [3.63, 3.8) is 0 Å². The molecule has 2 aromatic rings. The normalized spacial score (nSPS) is 16.5. The maximum atomic E-state index is 13.1. The molecule has 26 heavy (non-hydrogen) atoms. The Kier molecular flexibility index (Phi) is 5.01. The first-order valence-electron chi connectivity index (χ1n) is 7.50. The zero-order valence-electron chi connectivity index (χ0n) is 13.3. The molecule has 0 fully saturated rings. The van der Waals surface area contributed by atoms with Crippen molar-refractivity contribution in [2.75, 3.05) is 10.0 Å². The summed E-state index contributed by atoms with van der Waals surface area (Å²) in [5.74, 6) is -0.742. The molecule has 3 rings (SSSR count). The van der Waals surface area contributed by atoms with E-state index in [1.807, 2.05) is 0 Å². The number of carbonyl (C=O) groups is 1. The SMILES string of the molecule is CCC1Oc2cc(S(=O)(=O)Nc3ccc(F)cc3Cl)c(Cl)cc2NC1=O. The molecule has 1 unspecified atom stereocenters. The first-order chi connectivity index (χ1) is 12.2. The van der Waals surface area contributed by atoms with Crippen LogP contribution in [0.5, 0.6) is 5.75 Å². The van der Waals surface area contributed by atoms with Crippen molar-refractivity contribution in [2.45, 2.75) is 24.3 Å². The first-order valence-corrected chi connectivity index (χ1v) is 9.74. The van der Waals surface area contributed by atoms with E-state index >= 15 is 0 Å². The van der Waals surface area contributed by atoms with Gasteiger partial charge in [0.2, 0.25) is 0 Å². The number of nitrogens with one attached hydrogen (secondary N) is 2. The standard InChI is InChI=1S/C16H13Cl2FN2O4S/c1-2-13-16(22)20-12-6-10(18)15(7-14(12)25-13)26(23,24)21-11-4-3-8(19)5-9(11)17/h3-7,13,21H,2H2,1H3,(H,20,22). The van der Waals surface area contributed by atoms with Gasteiger partial charge in [0.15, 0.2) is 6.10 Å². The van der Waals surface area contributed by atoms with Crippen LogP contribution in [0.4, 0.5) is 15.8 Å². The summed E-state index contributed by atoms with van der Waals surface area (Å²) in [5, 5.41) is 2.40. The van der Waals surface area contributed by atoms with Crippen LogP contribution < -0.4 is 14.8 Å². The van der Waals surface area contributed by atoms with Gasteiger partial charge in [-0.2, -0.15) is 0 Å². The molecule has 1 aliphatic rings. The van der Waals surface area contributed by atoms with E-state index in [2.05, 4.69) is 10.0 Å². The topological polar surface area (TPSA) is 84.5 Å². The Hall–Kier alpha value is -2.03. The number of amides is 1. The Bertz CT molecular complexity index is 998. The molecule has 2 N–H and O–H groups in total. The van der Waals surface area contributed by atoms with Crippen molar-refractivity contribution in [1.82, 2.24) is 0 Å². The molecule has 1 heterocycles. The van der Waals surface area contributed by atoms with E-state index in [0.717, 1.165) is 12.1 Å². The number of hydrogen-bond donors (Lipinski definition) is 2. The number of benzene rings is 2. The summed E-state index contributed by atoms with van der Waals surface area (Å²) in [7, 11) is -4.13. The summed E-state index contributed by atoms with van der Waals surface area (Å²) >= 11 is 11.9. The van der Waals surface area contributed by atoms with Crippen LogP contribution in [0, 0.1) is 5.82 Å². The predicted molar refractivity (Wildman–Crippen MR) is 97.0 cm³/mol. The molecule has 0 spiro atoms. The third-order valence-corrected chi connectivity index (χ3v) is 5.83. The van der Waals surface area contributed by atoms with Gasteiger partial charge in [0.1, 0.15) is 16.5 Å². The lowest BCUT2D eigenvalue weighted by Crippen LogP contribution is -2.36. The van der Waals surface area contributed by atoms with Crippen LogP contribution >= 0.6 is 23.2 Å². The number of carbonyl (C=O) groups excluding carboxylic acids is 1. The van der Waals surface area contributed by atoms with Crippen molar-refractivity contribution in [3.8, 4) is 5.75 Å². The molecule has 0 aromatic heterocycles. The molecular weight excluding hydrogens is 406 g/mol. The molecule has 0 saturated heterocycles. The minimum atomic E-state index is -4.13. The maximum Gasteiger partial charge on any atom is 0.265 e. The van der Waals surface area contributed by atoms with E-state index in [1.165, 1.54) is 18.2 Å². The third-order valence-electron chi connectivity index (χ3n) is 3.69. The highest BCUT2D eigenvalue weighted by molar-refractivity contribution is 7.92. The van der Waals surface area contributed by atoms with E-state index in [9.17, 15) is 17.6 Å². The minimum Gasteiger partial charge on any atom is -0.478 e. The number of rotatable bonds is 4. The second kappa shape index (κ2) is 6.94. The minimum absolute atomic E-state index is 0.00232. The summed E-state index contributed by atoms with van der Waals surface area (Å²) in [6.45, 7) is 1.76. The van der Waals surface area contributed by atoms with Gasteiger partial charge in [-0.25, -0.2) is 12.8 Å². The molecule has 0 radical (unpaired) electrons. The molecule has 2 aromatic carbocycles. The fourth-order valence-corrected chi connectivity index (χ4v) is 4.29. The van der Waals surface area contributed by atoms with Crippen molar-refractivity contribution < 1.29 is 22.3 Å². The van der Waals surface area contributed by atoms with Crippen molar-refractivity contribution >= 4 is 50.5 Å². The molecule has 1 aliphatic heterocycles. The lowest BCUT2D eigenvalue weighted by Gasteiger charge is -2.26. The zero-order chi connectivity index (χ0) is 19.1. The molecule has 0 saturated carbocycles. The summed E-state index contributed by atoms with van der Waals surface area (Å²) in [6, 6.07) is 5.77. The summed E-state index contributed by atoms with van der Waals surface area (Å²) in [4.78, 5) is 11.6. The predicted octanol–water partition coefficient (Wildman–Crippen LogP) is 4.04. The van der Waals surface area contributed by atoms with Gasteiger partial charge < -0.3 is 10.1 Å². The molecule has 138 valence electrons. The van der Waals surface area contributed by atoms with E-state index < -0.39 is 21.9 Å². The fourth-order valence-electron chi connectivity index (χ4n) is 2.40. The van der Waals surface area contributed by atoms with E-state index in [4.69, 9.17) is 27.9 Å². The van der Waals surface area contributed by atoms with E-state index in [1.54, 1.807) is 6.92 Å². The number of hydrogen-bond acceptors (Lipinski definition) is 4. The van der Waals surface area contributed by atoms with Crippen LogP contribution in [0.2, 0.25) is 10.0 Å². The number of anilines is 2. The number of ether oxygens (including phenoxy) is 1. The lowest BCUT2D eigenvalue weighted by molar-refractivity contribution is -0.123.